The van der Waals surface area contributed by atoms with E-state index < -0.39 is 0 Å². The Balaban J connectivity index is 2.21. The second-order valence-corrected chi connectivity index (χ2v) is 5.87. The first kappa shape index (κ1) is 15.1. The third-order valence-electron chi connectivity index (χ3n) is 2.73. The molecule has 2 nitrogen and oxygen atoms in total. The molecule has 0 fully saturated rings. The minimum absolute atomic E-state index is 0.151. The Kier molecular flexibility index (Phi) is 5.76. The van der Waals surface area contributed by atoms with Crippen molar-refractivity contribution < 1.29 is 4.39 Å². The van der Waals surface area contributed by atoms with Crippen LogP contribution in [0.3, 0.4) is 0 Å². The maximum absolute atomic E-state index is 13.0. The molecule has 1 aromatic carbocycles. The van der Waals surface area contributed by atoms with Gasteiger partial charge in [0.25, 0.3) is 0 Å². The van der Waals surface area contributed by atoms with E-state index in [-0.39, 0.29) is 11.4 Å². The molecular formula is C15H25FN2. The molecule has 0 amide bonds. The molecule has 0 saturated carbocycles. The Morgan fingerprint density at radius 2 is 2.00 bits per heavy atom. The molecule has 2 N–H and O–H groups in total. The molecule has 0 aliphatic heterocycles. The van der Waals surface area contributed by atoms with Crippen molar-refractivity contribution >= 4 is 0 Å². The third kappa shape index (κ3) is 6.72. The van der Waals surface area contributed by atoms with Gasteiger partial charge in [0.2, 0.25) is 0 Å². The second kappa shape index (κ2) is 6.86. The quantitative estimate of drug-likeness (QED) is 0.813. The molecule has 0 bridgehead atoms. The average Bonchev–Trinajstić information content (AvgIpc) is 2.25. The van der Waals surface area contributed by atoms with Crippen LogP contribution in [-0.4, -0.2) is 24.7 Å². The van der Waals surface area contributed by atoms with Crippen LogP contribution in [0.15, 0.2) is 24.3 Å². The van der Waals surface area contributed by atoms with Crippen molar-refractivity contribution in [2.24, 2.45) is 0 Å². The molecule has 18 heavy (non-hydrogen) atoms. The lowest BCUT2D eigenvalue weighted by atomic mass is 10.1. The number of hydrogen-bond acceptors (Lipinski definition) is 2. The highest BCUT2D eigenvalue weighted by Crippen LogP contribution is 2.03. The fourth-order valence-corrected chi connectivity index (χ4v) is 1.69. The summed E-state index contributed by atoms with van der Waals surface area (Å²) >= 11 is 0. The average molecular weight is 252 g/mol. The Bertz CT molecular complexity index is 358. The van der Waals surface area contributed by atoms with Gasteiger partial charge in [0.15, 0.2) is 0 Å². The summed E-state index contributed by atoms with van der Waals surface area (Å²) < 4.78 is 13.0. The first-order valence-corrected chi connectivity index (χ1v) is 6.60. The lowest BCUT2D eigenvalue weighted by Gasteiger charge is -2.24. The van der Waals surface area contributed by atoms with E-state index in [1.807, 2.05) is 6.07 Å². The normalized spacial score (nSPS) is 13.6. The fraction of sp³-hybridized carbons (Fsp3) is 0.600. The van der Waals surface area contributed by atoms with Crippen molar-refractivity contribution in [1.82, 2.24) is 10.6 Å². The molecule has 0 aromatic heterocycles. The van der Waals surface area contributed by atoms with Crippen molar-refractivity contribution in [3.8, 4) is 0 Å². The maximum atomic E-state index is 13.0. The number of rotatable bonds is 6. The van der Waals surface area contributed by atoms with Gasteiger partial charge in [-0.15, -0.1) is 0 Å². The zero-order valence-electron chi connectivity index (χ0n) is 11.9. The molecule has 102 valence electrons. The zero-order valence-corrected chi connectivity index (χ0v) is 11.9. The van der Waals surface area contributed by atoms with E-state index >= 15 is 0 Å². The smallest absolute Gasteiger partial charge is 0.123 e. The molecule has 1 unspecified atom stereocenters. The summed E-state index contributed by atoms with van der Waals surface area (Å²) in [5.41, 5.74) is 1.19. The minimum atomic E-state index is -0.157. The first-order valence-electron chi connectivity index (χ1n) is 6.60. The Hall–Kier alpha value is -0.930. The van der Waals surface area contributed by atoms with Crippen molar-refractivity contribution in [3.63, 3.8) is 0 Å². The molecule has 1 aromatic rings. The van der Waals surface area contributed by atoms with Crippen molar-refractivity contribution in [2.45, 2.75) is 45.7 Å². The molecule has 1 rings (SSSR count). The standard InChI is InChI=1S/C15H25FN2/c1-12(11-18-15(2,3)4)17-9-8-13-6-5-7-14(16)10-13/h5-7,10,12,17-18H,8-9,11H2,1-4H3. The van der Waals surface area contributed by atoms with E-state index in [4.69, 9.17) is 0 Å². The lowest BCUT2D eigenvalue weighted by Crippen LogP contribution is -2.44. The first-order chi connectivity index (χ1) is 8.37. The summed E-state index contributed by atoms with van der Waals surface area (Å²) in [5, 5.41) is 6.90. The van der Waals surface area contributed by atoms with Crippen LogP contribution >= 0.6 is 0 Å². The zero-order chi connectivity index (χ0) is 13.6. The van der Waals surface area contributed by atoms with E-state index in [0.29, 0.717) is 6.04 Å². The number of halogens is 1. The Morgan fingerprint density at radius 1 is 1.28 bits per heavy atom. The van der Waals surface area contributed by atoms with Crippen LogP contribution in [-0.2, 0) is 6.42 Å². The SMILES string of the molecule is CC(CNC(C)(C)C)NCCc1cccc(F)c1. The molecule has 3 heteroatoms. The Morgan fingerprint density at radius 3 is 2.61 bits per heavy atom. The van der Waals surface area contributed by atoms with Crippen LogP contribution in [0.2, 0.25) is 0 Å². The topological polar surface area (TPSA) is 24.1 Å². The summed E-state index contributed by atoms with van der Waals surface area (Å²) in [7, 11) is 0. The highest BCUT2D eigenvalue weighted by Gasteiger charge is 2.10. The molecule has 0 saturated heterocycles. The van der Waals surface area contributed by atoms with Crippen LogP contribution in [0, 0.1) is 5.82 Å². The summed E-state index contributed by atoms with van der Waals surface area (Å²) in [5.74, 6) is -0.157. The van der Waals surface area contributed by atoms with Gasteiger partial charge in [0.05, 0.1) is 0 Å². The summed E-state index contributed by atoms with van der Waals surface area (Å²) in [6.07, 6.45) is 0.859. The molecular weight excluding hydrogens is 227 g/mol. The third-order valence-corrected chi connectivity index (χ3v) is 2.73. The van der Waals surface area contributed by atoms with Crippen molar-refractivity contribution in [2.75, 3.05) is 13.1 Å². The molecule has 0 heterocycles. The van der Waals surface area contributed by atoms with Gasteiger partial charge in [0, 0.05) is 18.1 Å². The highest BCUT2D eigenvalue weighted by atomic mass is 19.1. The predicted octanol–water partition coefficient (Wildman–Crippen LogP) is 2.73. The van der Waals surface area contributed by atoms with Gasteiger partial charge in [-0.05, 0) is 58.4 Å². The summed E-state index contributed by atoms with van der Waals surface area (Å²) in [6, 6.07) is 7.21. The van der Waals surface area contributed by atoms with Crippen LogP contribution in [0.4, 0.5) is 4.39 Å². The van der Waals surface area contributed by atoms with Crippen LogP contribution < -0.4 is 10.6 Å². The van der Waals surface area contributed by atoms with Gasteiger partial charge in [-0.3, -0.25) is 0 Å². The van der Waals surface area contributed by atoms with Crippen LogP contribution in [0.5, 0.6) is 0 Å². The van der Waals surface area contributed by atoms with Gasteiger partial charge < -0.3 is 10.6 Å². The summed E-state index contributed by atoms with van der Waals surface area (Å²) in [6.45, 7) is 10.4. The van der Waals surface area contributed by atoms with E-state index in [1.54, 1.807) is 12.1 Å². The second-order valence-electron chi connectivity index (χ2n) is 5.87. The van der Waals surface area contributed by atoms with Crippen molar-refractivity contribution in [1.29, 1.82) is 0 Å². The van der Waals surface area contributed by atoms with Gasteiger partial charge in [0.1, 0.15) is 5.82 Å². The fourth-order valence-electron chi connectivity index (χ4n) is 1.69. The van der Waals surface area contributed by atoms with Crippen LogP contribution in [0.25, 0.3) is 0 Å². The largest absolute Gasteiger partial charge is 0.313 e. The number of benzene rings is 1. The molecule has 1 atom stereocenters. The van der Waals surface area contributed by atoms with E-state index in [9.17, 15) is 4.39 Å². The summed E-state index contributed by atoms with van der Waals surface area (Å²) in [4.78, 5) is 0. The van der Waals surface area contributed by atoms with E-state index in [0.717, 1.165) is 25.1 Å². The van der Waals surface area contributed by atoms with E-state index in [2.05, 4.69) is 38.3 Å². The van der Waals surface area contributed by atoms with Gasteiger partial charge >= 0.3 is 0 Å². The molecule has 0 radical (unpaired) electrons. The molecule has 0 spiro atoms. The number of nitrogens with one attached hydrogen (secondary N) is 2. The van der Waals surface area contributed by atoms with Gasteiger partial charge in [-0.1, -0.05) is 12.1 Å². The van der Waals surface area contributed by atoms with Gasteiger partial charge in [-0.25, -0.2) is 4.39 Å². The Labute approximate surface area is 110 Å². The predicted molar refractivity (Wildman–Crippen MR) is 75.3 cm³/mol. The maximum Gasteiger partial charge on any atom is 0.123 e. The van der Waals surface area contributed by atoms with Gasteiger partial charge in [-0.2, -0.15) is 0 Å². The molecule has 0 aliphatic carbocycles. The monoisotopic (exact) mass is 252 g/mol. The lowest BCUT2D eigenvalue weighted by molar-refractivity contribution is 0.389. The van der Waals surface area contributed by atoms with Crippen LogP contribution in [0.1, 0.15) is 33.3 Å². The van der Waals surface area contributed by atoms with E-state index in [1.165, 1.54) is 6.07 Å². The number of hydrogen-bond donors (Lipinski definition) is 2. The molecule has 0 aliphatic rings. The minimum Gasteiger partial charge on any atom is -0.313 e. The highest BCUT2D eigenvalue weighted by molar-refractivity contribution is 5.16. The van der Waals surface area contributed by atoms with Crippen molar-refractivity contribution in [3.05, 3.63) is 35.6 Å².